The molecule has 0 aliphatic heterocycles. The van der Waals surface area contributed by atoms with Gasteiger partial charge in [-0.3, -0.25) is 24.5 Å². The van der Waals surface area contributed by atoms with E-state index >= 15 is 0 Å². The zero-order chi connectivity index (χ0) is 18.1. The molecule has 0 saturated heterocycles. The fourth-order valence-electron chi connectivity index (χ4n) is 2.72. The molecule has 0 saturated carbocycles. The summed E-state index contributed by atoms with van der Waals surface area (Å²) in [5.41, 5.74) is 0.143. The van der Waals surface area contributed by atoms with Crippen molar-refractivity contribution >= 4 is 28.7 Å². The van der Waals surface area contributed by atoms with Crippen molar-refractivity contribution in [2.45, 2.75) is 6.92 Å². The molecule has 0 heterocycles. The first kappa shape index (κ1) is 16.3. The molecule has 2 aromatic rings. The number of allylic oxidation sites excluding steroid dienone is 2. The first-order valence-electron chi connectivity index (χ1n) is 7.35. The minimum Gasteiger partial charge on any atom is -0.322 e. The maximum atomic E-state index is 12.9. The van der Waals surface area contributed by atoms with E-state index in [0.29, 0.717) is 0 Å². The van der Waals surface area contributed by atoms with Crippen LogP contribution in [0.15, 0.2) is 54.2 Å². The van der Waals surface area contributed by atoms with E-state index in [1.54, 1.807) is 12.1 Å². The topological polar surface area (TPSA) is 106 Å². The van der Waals surface area contributed by atoms with Crippen LogP contribution < -0.4 is 5.32 Å². The molecule has 1 amide bonds. The first-order chi connectivity index (χ1) is 11.9. The number of Topliss-reactive ketones (excluding diaryl/α,β-unsaturated/α-hetero) is 2. The Bertz CT molecular complexity index is 975. The average molecular weight is 336 g/mol. The Hall–Kier alpha value is -3.61. The Kier molecular flexibility index (Phi) is 3.98. The number of carbonyl (C=O) groups excluding carboxylic acids is 3. The fraction of sp³-hybridized carbons (Fsp3) is 0.0556. The van der Waals surface area contributed by atoms with Gasteiger partial charge in [-0.1, -0.05) is 36.4 Å². The summed E-state index contributed by atoms with van der Waals surface area (Å²) in [5, 5.41) is 13.4. The van der Waals surface area contributed by atoms with Crippen molar-refractivity contribution < 1.29 is 19.3 Å². The van der Waals surface area contributed by atoms with E-state index in [9.17, 15) is 24.5 Å². The third-order valence-corrected chi connectivity index (χ3v) is 3.77. The van der Waals surface area contributed by atoms with Gasteiger partial charge in [0.25, 0.3) is 5.69 Å². The number of nitro benzene ring substituents is 1. The summed E-state index contributed by atoms with van der Waals surface area (Å²) < 4.78 is 0. The largest absolute Gasteiger partial charge is 0.322 e. The van der Waals surface area contributed by atoms with Crippen LogP contribution in [0.4, 0.5) is 5.69 Å². The van der Waals surface area contributed by atoms with Gasteiger partial charge in [0.05, 0.1) is 10.5 Å². The molecule has 0 spiro atoms. The van der Waals surface area contributed by atoms with Crippen LogP contribution >= 0.6 is 0 Å². The summed E-state index contributed by atoms with van der Waals surface area (Å²) in [7, 11) is 0. The highest BCUT2D eigenvalue weighted by Gasteiger charge is 2.33. The minimum atomic E-state index is -0.592. The third kappa shape index (κ3) is 2.83. The highest BCUT2D eigenvalue weighted by molar-refractivity contribution is 6.40. The lowest BCUT2D eigenvalue weighted by atomic mass is 9.84. The second kappa shape index (κ2) is 6.12. The predicted octanol–water partition coefficient (Wildman–Crippen LogP) is 2.52. The lowest BCUT2D eigenvalue weighted by Gasteiger charge is -2.21. The van der Waals surface area contributed by atoms with Gasteiger partial charge in [-0.25, -0.2) is 0 Å². The van der Waals surface area contributed by atoms with Crippen molar-refractivity contribution in [1.82, 2.24) is 5.32 Å². The van der Waals surface area contributed by atoms with Gasteiger partial charge in [-0.2, -0.15) is 0 Å². The summed E-state index contributed by atoms with van der Waals surface area (Å²) >= 11 is 0. The molecule has 124 valence electrons. The number of nitrogens with zero attached hydrogens (tertiary/aromatic N) is 1. The number of amides is 1. The van der Waals surface area contributed by atoms with Crippen molar-refractivity contribution in [2.24, 2.45) is 0 Å². The Labute approximate surface area is 142 Å². The van der Waals surface area contributed by atoms with E-state index in [1.807, 2.05) is 0 Å². The monoisotopic (exact) mass is 336 g/mol. The number of nitrogens with one attached hydrogen (secondary N) is 1. The molecule has 7 heteroatoms. The molecule has 1 aliphatic rings. The number of nitro groups is 1. The van der Waals surface area contributed by atoms with Crippen LogP contribution in [0, 0.1) is 10.1 Å². The smallest absolute Gasteiger partial charge is 0.270 e. The van der Waals surface area contributed by atoms with Gasteiger partial charge >= 0.3 is 0 Å². The zero-order valence-corrected chi connectivity index (χ0v) is 13.1. The second-order valence-electron chi connectivity index (χ2n) is 5.44. The molecule has 25 heavy (non-hydrogen) atoms. The summed E-state index contributed by atoms with van der Waals surface area (Å²) in [4.78, 5) is 47.6. The SMILES string of the molecule is CC(=O)NC1=C(c2cccc([N+](=O)[O-])c2)C(=O)c2ccccc2C1=O. The van der Waals surface area contributed by atoms with Crippen molar-refractivity contribution in [2.75, 3.05) is 0 Å². The lowest BCUT2D eigenvalue weighted by Crippen LogP contribution is -2.32. The molecule has 2 aromatic carbocycles. The van der Waals surface area contributed by atoms with E-state index < -0.39 is 22.4 Å². The van der Waals surface area contributed by atoms with Crippen molar-refractivity contribution in [3.8, 4) is 0 Å². The van der Waals surface area contributed by atoms with Crippen molar-refractivity contribution in [3.05, 3.63) is 81.0 Å². The molecule has 3 rings (SSSR count). The van der Waals surface area contributed by atoms with Gasteiger partial charge < -0.3 is 5.32 Å². The van der Waals surface area contributed by atoms with Gasteiger partial charge in [-0.05, 0) is 5.56 Å². The van der Waals surface area contributed by atoms with Gasteiger partial charge in [-0.15, -0.1) is 0 Å². The van der Waals surface area contributed by atoms with Crippen LogP contribution in [-0.4, -0.2) is 22.4 Å². The van der Waals surface area contributed by atoms with E-state index in [1.165, 1.54) is 43.3 Å². The Morgan fingerprint density at radius 3 is 2.24 bits per heavy atom. The molecule has 0 aromatic heterocycles. The Balaban J connectivity index is 2.27. The average Bonchev–Trinajstić information content (AvgIpc) is 2.59. The quantitative estimate of drug-likeness (QED) is 0.684. The van der Waals surface area contributed by atoms with Gasteiger partial charge in [0.15, 0.2) is 5.78 Å². The van der Waals surface area contributed by atoms with Crippen LogP contribution in [0.25, 0.3) is 5.57 Å². The Morgan fingerprint density at radius 2 is 1.64 bits per heavy atom. The number of rotatable bonds is 3. The van der Waals surface area contributed by atoms with Crippen LogP contribution in [0.5, 0.6) is 0 Å². The highest BCUT2D eigenvalue weighted by Crippen LogP contribution is 2.32. The molecule has 0 radical (unpaired) electrons. The summed E-state index contributed by atoms with van der Waals surface area (Å²) in [5.74, 6) is -1.50. The summed E-state index contributed by atoms with van der Waals surface area (Å²) in [6.45, 7) is 1.22. The van der Waals surface area contributed by atoms with E-state index in [2.05, 4.69) is 5.32 Å². The first-order valence-corrected chi connectivity index (χ1v) is 7.35. The molecule has 7 nitrogen and oxygen atoms in total. The van der Waals surface area contributed by atoms with Gasteiger partial charge in [0.1, 0.15) is 5.70 Å². The molecule has 0 bridgehead atoms. The maximum absolute atomic E-state index is 12.9. The second-order valence-corrected chi connectivity index (χ2v) is 5.44. The molecule has 0 fully saturated rings. The third-order valence-electron chi connectivity index (χ3n) is 3.77. The summed E-state index contributed by atoms with van der Waals surface area (Å²) in [6, 6.07) is 11.7. The number of hydrogen-bond donors (Lipinski definition) is 1. The number of benzene rings is 2. The molecule has 1 aliphatic carbocycles. The van der Waals surface area contributed by atoms with Crippen LogP contribution in [-0.2, 0) is 4.79 Å². The van der Waals surface area contributed by atoms with Crippen LogP contribution in [0.3, 0.4) is 0 Å². The summed E-state index contributed by atoms with van der Waals surface area (Å²) in [6.07, 6.45) is 0. The van der Waals surface area contributed by atoms with Crippen molar-refractivity contribution in [1.29, 1.82) is 0 Å². The Morgan fingerprint density at radius 1 is 1.00 bits per heavy atom. The maximum Gasteiger partial charge on any atom is 0.270 e. The predicted molar refractivity (Wildman–Crippen MR) is 88.9 cm³/mol. The van der Waals surface area contributed by atoms with Crippen LogP contribution in [0.1, 0.15) is 33.2 Å². The molecular weight excluding hydrogens is 324 g/mol. The van der Waals surface area contributed by atoms with Gasteiger partial charge in [0, 0.05) is 30.2 Å². The fourth-order valence-corrected chi connectivity index (χ4v) is 2.72. The molecular formula is C18H12N2O5. The standard InChI is InChI=1S/C18H12N2O5/c1-10(21)19-16-15(11-5-4-6-12(9-11)20(24)25)17(22)13-7-2-3-8-14(13)18(16)23/h2-9H,1H3,(H,19,21). The number of hydrogen-bond acceptors (Lipinski definition) is 5. The van der Waals surface area contributed by atoms with E-state index in [4.69, 9.17) is 0 Å². The van der Waals surface area contributed by atoms with Crippen molar-refractivity contribution in [3.63, 3.8) is 0 Å². The zero-order valence-electron chi connectivity index (χ0n) is 13.1. The number of fused-ring (bicyclic) bond motifs is 1. The molecule has 1 N–H and O–H groups in total. The number of ketones is 2. The normalized spacial score (nSPS) is 13.5. The molecule has 0 atom stereocenters. The highest BCUT2D eigenvalue weighted by atomic mass is 16.6. The van der Waals surface area contributed by atoms with Crippen LogP contribution in [0.2, 0.25) is 0 Å². The number of carbonyl (C=O) groups is 3. The number of non-ortho nitro benzene ring substituents is 1. The van der Waals surface area contributed by atoms with E-state index in [0.717, 1.165) is 0 Å². The molecule has 0 unspecified atom stereocenters. The van der Waals surface area contributed by atoms with Gasteiger partial charge in [0.2, 0.25) is 11.7 Å². The van der Waals surface area contributed by atoms with E-state index in [-0.39, 0.29) is 33.6 Å². The lowest BCUT2D eigenvalue weighted by molar-refractivity contribution is -0.384. The minimum absolute atomic E-state index is 0.0531.